The molecule has 3 aromatic rings. The molecule has 1 fully saturated rings. The van der Waals surface area contributed by atoms with Crippen molar-refractivity contribution < 1.29 is 19.1 Å². The summed E-state index contributed by atoms with van der Waals surface area (Å²) in [6.07, 6.45) is 1.53. The van der Waals surface area contributed by atoms with Gasteiger partial charge in [0.15, 0.2) is 6.29 Å². The molecule has 166 valence electrons. The second-order valence-electron chi connectivity index (χ2n) is 7.72. The number of para-hydroxylation sites is 1. The first-order chi connectivity index (χ1) is 15.5. The van der Waals surface area contributed by atoms with Gasteiger partial charge in [-0.1, -0.05) is 36.4 Å². The molecular weight excluding hydrogens is 408 g/mol. The van der Waals surface area contributed by atoms with Gasteiger partial charge in [-0.3, -0.25) is 9.59 Å². The largest absolute Gasteiger partial charge is 0.496 e. The molecule has 1 aliphatic heterocycles. The first-order valence-electron chi connectivity index (χ1n) is 10.5. The van der Waals surface area contributed by atoms with E-state index in [9.17, 15) is 9.59 Å². The highest BCUT2D eigenvalue weighted by Crippen LogP contribution is 2.33. The predicted octanol–water partition coefficient (Wildman–Crippen LogP) is 3.23. The fourth-order valence-electron chi connectivity index (χ4n) is 3.97. The van der Waals surface area contributed by atoms with Crippen molar-refractivity contribution in [2.24, 2.45) is 0 Å². The number of benzene rings is 2. The number of aldehydes is 1. The summed E-state index contributed by atoms with van der Waals surface area (Å²) >= 11 is 0. The van der Waals surface area contributed by atoms with E-state index in [0.29, 0.717) is 41.5 Å². The van der Waals surface area contributed by atoms with Gasteiger partial charge < -0.3 is 20.5 Å². The summed E-state index contributed by atoms with van der Waals surface area (Å²) < 4.78 is 12.6. The van der Waals surface area contributed by atoms with Crippen LogP contribution in [-0.4, -0.2) is 41.8 Å². The molecule has 8 heteroatoms. The summed E-state index contributed by atoms with van der Waals surface area (Å²) in [7, 11) is 1.53. The zero-order valence-corrected chi connectivity index (χ0v) is 18.1. The van der Waals surface area contributed by atoms with E-state index in [1.165, 1.54) is 7.11 Å². The molecule has 0 bridgehead atoms. The van der Waals surface area contributed by atoms with E-state index in [1.54, 1.807) is 22.9 Å². The number of methoxy groups -OCH3 is 1. The van der Waals surface area contributed by atoms with Crippen molar-refractivity contribution in [1.29, 1.82) is 0 Å². The number of carbonyl (C=O) groups excluding carboxylic acids is 2. The molecule has 1 aliphatic rings. The summed E-state index contributed by atoms with van der Waals surface area (Å²) in [4.78, 5) is 24.2. The third-order valence-corrected chi connectivity index (χ3v) is 5.79. The van der Waals surface area contributed by atoms with Gasteiger partial charge >= 0.3 is 0 Å². The van der Waals surface area contributed by atoms with Crippen LogP contribution in [0, 0.1) is 0 Å². The minimum absolute atomic E-state index is 0.00640. The van der Waals surface area contributed by atoms with Crippen LogP contribution in [0.3, 0.4) is 0 Å². The van der Waals surface area contributed by atoms with Crippen molar-refractivity contribution in [2.45, 2.75) is 32.0 Å². The summed E-state index contributed by atoms with van der Waals surface area (Å²) in [5.74, 6) is 0.664. The Labute approximate surface area is 186 Å². The fraction of sp³-hybridized carbons (Fsp3) is 0.292. The first kappa shape index (κ1) is 21.6. The Balaban J connectivity index is 1.50. The number of nitrogens with two attached hydrogens (primary N) is 1. The van der Waals surface area contributed by atoms with Crippen LogP contribution in [-0.2, 0) is 11.3 Å². The van der Waals surface area contributed by atoms with Gasteiger partial charge in [-0.05, 0) is 31.0 Å². The fourth-order valence-corrected chi connectivity index (χ4v) is 3.97. The normalized spacial score (nSPS) is 17.8. The number of amides is 1. The summed E-state index contributed by atoms with van der Waals surface area (Å²) in [6, 6.07) is 14.6. The number of aromatic nitrogens is 2. The summed E-state index contributed by atoms with van der Waals surface area (Å²) in [5, 5.41) is 7.54. The number of nitrogen functional groups attached to an aromatic ring is 1. The molecule has 8 nitrogen and oxygen atoms in total. The molecule has 0 saturated carbocycles. The molecule has 1 saturated heterocycles. The number of hydrogen-bond acceptors (Lipinski definition) is 6. The van der Waals surface area contributed by atoms with E-state index in [-0.39, 0.29) is 18.1 Å². The van der Waals surface area contributed by atoms with E-state index in [2.05, 4.69) is 10.4 Å². The maximum atomic E-state index is 12.5. The van der Waals surface area contributed by atoms with Gasteiger partial charge in [0, 0.05) is 18.7 Å². The SMILES string of the molecule is COc1ccccc1C(=O)NCc1ccc(-c2nn(C3CCOC3C)c(N)c2C=O)cc1. The Kier molecular flexibility index (Phi) is 6.23. The number of anilines is 1. The highest BCUT2D eigenvalue weighted by Gasteiger charge is 2.30. The Morgan fingerprint density at radius 2 is 2.03 bits per heavy atom. The molecule has 2 aromatic carbocycles. The Bertz CT molecular complexity index is 1120. The first-order valence-corrected chi connectivity index (χ1v) is 10.5. The number of nitrogens with one attached hydrogen (secondary N) is 1. The van der Waals surface area contributed by atoms with E-state index < -0.39 is 0 Å². The Morgan fingerprint density at radius 3 is 2.69 bits per heavy atom. The zero-order chi connectivity index (χ0) is 22.7. The lowest BCUT2D eigenvalue weighted by Crippen LogP contribution is -2.23. The van der Waals surface area contributed by atoms with Gasteiger partial charge in [0.2, 0.25) is 0 Å². The van der Waals surface area contributed by atoms with E-state index in [4.69, 9.17) is 15.2 Å². The van der Waals surface area contributed by atoms with Gasteiger partial charge in [0.05, 0.1) is 30.4 Å². The van der Waals surface area contributed by atoms with Gasteiger partial charge in [-0.15, -0.1) is 0 Å². The van der Waals surface area contributed by atoms with Crippen molar-refractivity contribution in [3.05, 3.63) is 65.2 Å². The maximum absolute atomic E-state index is 12.5. The van der Waals surface area contributed by atoms with E-state index in [1.807, 2.05) is 37.3 Å². The lowest BCUT2D eigenvalue weighted by molar-refractivity contribution is 0.0947. The van der Waals surface area contributed by atoms with Crippen LogP contribution in [0.15, 0.2) is 48.5 Å². The predicted molar refractivity (Wildman–Crippen MR) is 121 cm³/mol. The monoisotopic (exact) mass is 434 g/mol. The molecule has 1 aromatic heterocycles. The van der Waals surface area contributed by atoms with Crippen molar-refractivity contribution in [1.82, 2.24) is 15.1 Å². The minimum atomic E-state index is -0.214. The third-order valence-electron chi connectivity index (χ3n) is 5.79. The minimum Gasteiger partial charge on any atom is -0.496 e. The van der Waals surface area contributed by atoms with Crippen LogP contribution in [0.1, 0.15) is 45.7 Å². The maximum Gasteiger partial charge on any atom is 0.255 e. The Hall–Kier alpha value is -3.65. The lowest BCUT2D eigenvalue weighted by atomic mass is 10.1. The number of nitrogens with zero attached hydrogens (tertiary/aromatic N) is 2. The quantitative estimate of drug-likeness (QED) is 0.553. The Morgan fingerprint density at radius 1 is 1.28 bits per heavy atom. The standard InChI is InChI=1S/C24H26N4O4/c1-15-20(11-12-32-15)28-23(25)19(14-29)22(27-28)17-9-7-16(8-10-17)13-26-24(30)18-5-3-4-6-21(18)31-2/h3-10,14-15,20H,11-13,25H2,1-2H3,(H,26,30). The highest BCUT2D eigenvalue weighted by atomic mass is 16.5. The number of rotatable bonds is 7. The molecule has 0 aliphatic carbocycles. The van der Waals surface area contributed by atoms with Gasteiger partial charge in [-0.2, -0.15) is 5.10 Å². The van der Waals surface area contributed by atoms with Crippen LogP contribution in [0.5, 0.6) is 5.75 Å². The molecular formula is C24H26N4O4. The van der Waals surface area contributed by atoms with Crippen LogP contribution >= 0.6 is 0 Å². The smallest absolute Gasteiger partial charge is 0.255 e. The molecule has 0 radical (unpaired) electrons. The number of hydrogen-bond donors (Lipinski definition) is 2. The molecule has 2 heterocycles. The molecule has 4 rings (SSSR count). The number of carbonyl (C=O) groups is 2. The van der Waals surface area contributed by atoms with E-state index >= 15 is 0 Å². The summed E-state index contributed by atoms with van der Waals surface area (Å²) in [5.41, 5.74) is 9.33. The molecule has 0 spiro atoms. The lowest BCUT2D eigenvalue weighted by Gasteiger charge is -2.15. The average Bonchev–Trinajstić information content (AvgIpc) is 3.39. The molecule has 1 amide bonds. The van der Waals surface area contributed by atoms with Gasteiger partial charge in [0.1, 0.15) is 17.3 Å². The van der Waals surface area contributed by atoms with Crippen molar-refractivity contribution in [2.75, 3.05) is 19.5 Å². The van der Waals surface area contributed by atoms with Crippen molar-refractivity contribution in [3.8, 4) is 17.0 Å². The summed E-state index contributed by atoms with van der Waals surface area (Å²) in [6.45, 7) is 2.98. The molecule has 2 atom stereocenters. The molecule has 32 heavy (non-hydrogen) atoms. The van der Waals surface area contributed by atoms with Gasteiger partial charge in [-0.25, -0.2) is 4.68 Å². The topological polar surface area (TPSA) is 108 Å². The zero-order valence-electron chi connectivity index (χ0n) is 18.1. The molecule has 2 unspecified atom stereocenters. The second-order valence-corrected chi connectivity index (χ2v) is 7.72. The van der Waals surface area contributed by atoms with Gasteiger partial charge in [0.25, 0.3) is 5.91 Å². The third kappa shape index (κ3) is 4.09. The van der Waals surface area contributed by atoms with Crippen LogP contribution in [0.2, 0.25) is 0 Å². The van der Waals surface area contributed by atoms with Crippen molar-refractivity contribution >= 4 is 18.0 Å². The van der Waals surface area contributed by atoms with Crippen LogP contribution < -0.4 is 15.8 Å². The highest BCUT2D eigenvalue weighted by molar-refractivity contribution is 5.97. The second kappa shape index (κ2) is 9.23. The molecule has 3 N–H and O–H groups in total. The van der Waals surface area contributed by atoms with Crippen LogP contribution in [0.25, 0.3) is 11.3 Å². The average molecular weight is 434 g/mol. The van der Waals surface area contributed by atoms with E-state index in [0.717, 1.165) is 23.8 Å². The van der Waals surface area contributed by atoms with Crippen LogP contribution in [0.4, 0.5) is 5.82 Å². The number of ether oxygens (including phenoxy) is 2. The van der Waals surface area contributed by atoms with Crippen molar-refractivity contribution in [3.63, 3.8) is 0 Å².